The number of nitrogens with one attached hydrogen (secondary N) is 1. The topological polar surface area (TPSA) is 173 Å². The van der Waals surface area contributed by atoms with Crippen molar-refractivity contribution >= 4 is 50.1 Å². The lowest BCUT2D eigenvalue weighted by Gasteiger charge is -2.53. The fourth-order valence-electron chi connectivity index (χ4n) is 7.51. The quantitative estimate of drug-likeness (QED) is 0.127. The van der Waals surface area contributed by atoms with Crippen molar-refractivity contribution in [3.63, 3.8) is 0 Å². The first-order valence-electron chi connectivity index (χ1n) is 18.3. The summed E-state index contributed by atoms with van der Waals surface area (Å²) in [6, 6.07) is 15.1. The number of hydrogen-bond donors (Lipinski definition) is 2. The summed E-state index contributed by atoms with van der Waals surface area (Å²) in [6.45, 7) is 17.7. The van der Waals surface area contributed by atoms with Crippen LogP contribution in [0.3, 0.4) is 0 Å². The van der Waals surface area contributed by atoms with Crippen molar-refractivity contribution in [2.24, 2.45) is 0 Å². The van der Waals surface area contributed by atoms with Gasteiger partial charge in [-0.25, -0.2) is 15.0 Å². The average Bonchev–Trinajstić information content (AvgIpc) is 3.66. The van der Waals surface area contributed by atoms with Crippen LogP contribution in [-0.4, -0.2) is 87.1 Å². The molecular formula is C37H51N5O9SSi2. The Morgan fingerprint density at radius 3 is 2.19 bits per heavy atom. The number of carbonyl (C=O) groups is 1. The smallest absolute Gasteiger partial charge is 0.335 e. The first-order valence-corrected chi connectivity index (χ1v) is 23.7. The largest absolute Gasteiger partial charge is 0.414 e. The lowest BCUT2D eigenvalue weighted by Crippen LogP contribution is -2.69. The predicted octanol–water partition coefficient (Wildman–Crippen LogP) is 6.38. The molecular weight excluding hydrogens is 747 g/mol. The number of nitrogens with zero attached hydrogens (tertiary/aromatic N) is 4. The standard InChI is InChI=1S/C37H51N5O9SSi2/c1-23(2)53(24(3)4)48-20-37(19-47-52(45,46)29-17-15-27(9)16-18-29)32(50-54(51-53,25(5)6)26(7)8)31(43)36(49-37)42-22-40-30-33(38-21-39-34(30)42)41-35(44)28-13-11-10-12-14-28/h10-18,21-26,31-32,36,43H,19-20H2,1-9H3,(H,38,39,41,44)/t31-,32+,36-,37-/m1/s1. The van der Waals surface area contributed by atoms with Crippen molar-refractivity contribution in [3.05, 3.63) is 78.4 Å². The molecule has 2 aromatic carbocycles. The highest BCUT2D eigenvalue weighted by Crippen LogP contribution is 2.51. The van der Waals surface area contributed by atoms with Crippen molar-refractivity contribution in [2.75, 3.05) is 18.5 Å². The van der Waals surface area contributed by atoms with Crippen molar-refractivity contribution in [2.45, 2.75) is 113 Å². The molecule has 4 heterocycles. The van der Waals surface area contributed by atoms with Crippen LogP contribution >= 0.6 is 0 Å². The number of carbonyl (C=O) groups excluding carboxylic acids is 1. The maximum atomic E-state index is 13.7. The van der Waals surface area contributed by atoms with Gasteiger partial charge in [-0.05, 0) is 53.4 Å². The van der Waals surface area contributed by atoms with E-state index < -0.39 is 57.9 Å². The normalized spacial score (nSPS) is 24.2. The van der Waals surface area contributed by atoms with E-state index in [1.165, 1.54) is 29.4 Å². The number of ether oxygens (including phenoxy) is 1. The van der Waals surface area contributed by atoms with E-state index >= 15 is 0 Å². The monoisotopic (exact) mass is 797 g/mol. The fraction of sp³-hybridized carbons (Fsp3) is 0.514. The van der Waals surface area contributed by atoms with Gasteiger partial charge in [-0.3, -0.25) is 13.5 Å². The molecule has 6 rings (SSSR count). The second-order valence-corrected chi connectivity index (χ2v) is 25.9. The Bertz CT molecular complexity index is 2050. The van der Waals surface area contributed by atoms with Crippen LogP contribution in [0.2, 0.25) is 22.2 Å². The Kier molecular flexibility index (Phi) is 11.4. The molecule has 292 valence electrons. The zero-order chi connectivity index (χ0) is 39.2. The molecule has 2 fully saturated rings. The van der Waals surface area contributed by atoms with Crippen molar-refractivity contribution in [1.82, 2.24) is 19.5 Å². The zero-order valence-corrected chi connectivity index (χ0v) is 35.0. The fourth-order valence-corrected chi connectivity index (χ4v) is 19.8. The summed E-state index contributed by atoms with van der Waals surface area (Å²) in [5, 5.41) is 15.2. The Labute approximate surface area is 319 Å². The van der Waals surface area contributed by atoms with Crippen LogP contribution < -0.4 is 5.32 Å². The van der Waals surface area contributed by atoms with Crippen LogP contribution in [0.15, 0.2) is 72.1 Å². The van der Waals surface area contributed by atoms with Gasteiger partial charge in [-0.2, -0.15) is 8.42 Å². The maximum Gasteiger partial charge on any atom is 0.335 e. The van der Waals surface area contributed by atoms with Crippen LogP contribution in [-0.2, 0) is 32.0 Å². The van der Waals surface area contributed by atoms with Crippen LogP contribution in [0.4, 0.5) is 5.82 Å². The Hall–Kier alpha value is -3.40. The van der Waals surface area contributed by atoms with Crippen LogP contribution in [0.5, 0.6) is 0 Å². The summed E-state index contributed by atoms with van der Waals surface area (Å²) >= 11 is 0. The number of imidazole rings is 1. The van der Waals surface area contributed by atoms with Crippen LogP contribution in [0, 0.1) is 6.92 Å². The lowest BCUT2D eigenvalue weighted by molar-refractivity contribution is -0.148. The summed E-state index contributed by atoms with van der Waals surface area (Å²) in [5.74, 6) is -0.221. The summed E-state index contributed by atoms with van der Waals surface area (Å²) in [4.78, 5) is 26.3. The summed E-state index contributed by atoms with van der Waals surface area (Å²) < 4.78 is 63.3. The van der Waals surface area contributed by atoms with Gasteiger partial charge in [-0.15, -0.1) is 0 Å². The number of aromatic nitrogens is 4. The maximum absolute atomic E-state index is 13.7. The molecule has 1 amide bonds. The molecule has 4 aromatic rings. The summed E-state index contributed by atoms with van der Waals surface area (Å²) in [6.07, 6.45) is -1.02. The number of hydrogen-bond acceptors (Lipinski definition) is 12. The Balaban J connectivity index is 1.46. The van der Waals surface area contributed by atoms with E-state index in [1.807, 2.05) is 13.0 Å². The Morgan fingerprint density at radius 2 is 1.57 bits per heavy atom. The second-order valence-electron chi connectivity index (χ2n) is 15.5. The average molecular weight is 798 g/mol. The molecule has 0 bridgehead atoms. The molecule has 2 aromatic heterocycles. The van der Waals surface area contributed by atoms with Crippen LogP contribution in [0.1, 0.15) is 77.5 Å². The zero-order valence-electron chi connectivity index (χ0n) is 32.2. The lowest BCUT2D eigenvalue weighted by atomic mass is 9.97. The van der Waals surface area contributed by atoms with Crippen molar-refractivity contribution in [1.29, 1.82) is 0 Å². The molecule has 2 saturated heterocycles. The molecule has 0 radical (unpaired) electrons. The van der Waals surface area contributed by atoms with Gasteiger partial charge in [0.1, 0.15) is 30.7 Å². The number of amides is 1. The highest BCUT2D eigenvalue weighted by atomic mass is 32.2. The van der Waals surface area contributed by atoms with Gasteiger partial charge in [-0.1, -0.05) is 91.3 Å². The van der Waals surface area contributed by atoms with E-state index in [2.05, 4.69) is 75.7 Å². The minimum absolute atomic E-state index is 0.0165. The third-order valence-electron chi connectivity index (χ3n) is 10.5. The number of aliphatic hydroxyl groups is 1. The third kappa shape index (κ3) is 7.21. The van der Waals surface area contributed by atoms with E-state index in [0.717, 1.165) is 5.56 Å². The molecule has 0 unspecified atom stereocenters. The van der Waals surface area contributed by atoms with Gasteiger partial charge in [0.15, 0.2) is 23.2 Å². The van der Waals surface area contributed by atoms with Gasteiger partial charge in [0, 0.05) is 5.56 Å². The number of anilines is 1. The van der Waals surface area contributed by atoms with E-state index in [1.54, 1.807) is 36.4 Å². The predicted molar refractivity (Wildman–Crippen MR) is 207 cm³/mol. The first-order chi connectivity index (χ1) is 25.5. The van der Waals surface area contributed by atoms with Gasteiger partial charge in [0.2, 0.25) is 0 Å². The van der Waals surface area contributed by atoms with Gasteiger partial charge < -0.3 is 28.1 Å². The van der Waals surface area contributed by atoms with E-state index in [4.69, 9.17) is 21.9 Å². The van der Waals surface area contributed by atoms with E-state index in [0.29, 0.717) is 5.56 Å². The summed E-state index contributed by atoms with van der Waals surface area (Å²) in [7, 11) is -10.8. The second kappa shape index (κ2) is 15.3. The SMILES string of the molecule is Cc1ccc(S(=O)(=O)OC[C@@]23CO[Si](C(C)C)(C(C)C)O[Si](C(C)C)(C(C)C)O[C@H]2[C@@H](O)[C@H](n2cnc4c(NC(=O)c5ccccc5)ncnc42)O3)cc1. The molecule has 14 nitrogen and oxygen atoms in total. The number of rotatable bonds is 11. The molecule has 2 N–H and O–H groups in total. The molecule has 54 heavy (non-hydrogen) atoms. The molecule has 4 atom stereocenters. The highest BCUT2D eigenvalue weighted by molar-refractivity contribution is 7.86. The summed E-state index contributed by atoms with van der Waals surface area (Å²) in [5.41, 5.74) is -0.0129. The minimum atomic E-state index is -4.29. The Morgan fingerprint density at radius 1 is 0.944 bits per heavy atom. The van der Waals surface area contributed by atoms with Gasteiger partial charge in [0.05, 0.1) is 17.8 Å². The van der Waals surface area contributed by atoms with Crippen molar-refractivity contribution < 1.29 is 40.2 Å². The minimum Gasteiger partial charge on any atom is -0.414 e. The number of fused-ring (bicyclic) bond motifs is 2. The van der Waals surface area contributed by atoms with E-state index in [-0.39, 0.29) is 56.6 Å². The molecule has 0 spiro atoms. The van der Waals surface area contributed by atoms with E-state index in [9.17, 15) is 18.3 Å². The molecule has 17 heteroatoms. The third-order valence-corrected chi connectivity index (χ3v) is 22.0. The first kappa shape index (κ1) is 40.3. The van der Waals surface area contributed by atoms with Gasteiger partial charge >= 0.3 is 17.1 Å². The van der Waals surface area contributed by atoms with Crippen molar-refractivity contribution in [3.8, 4) is 0 Å². The number of benzene rings is 2. The molecule has 0 aliphatic carbocycles. The van der Waals surface area contributed by atoms with Gasteiger partial charge in [0.25, 0.3) is 16.0 Å². The number of aryl methyl sites for hydroxylation is 1. The molecule has 2 aliphatic rings. The highest BCUT2D eigenvalue weighted by Gasteiger charge is 2.66. The van der Waals surface area contributed by atoms with Crippen LogP contribution in [0.25, 0.3) is 11.2 Å². The number of aliphatic hydroxyl groups excluding tert-OH is 1. The molecule has 0 saturated carbocycles. The molecule has 2 aliphatic heterocycles.